The van der Waals surface area contributed by atoms with Crippen molar-refractivity contribution in [3.63, 3.8) is 0 Å². The van der Waals surface area contributed by atoms with Crippen LogP contribution in [0.3, 0.4) is 0 Å². The Balaban J connectivity index is 2.64. The normalized spacial score (nSPS) is 25.4. The molecule has 0 saturated carbocycles. The first-order valence-corrected chi connectivity index (χ1v) is 3.40. The molecule has 0 aromatic heterocycles. The van der Waals surface area contributed by atoms with E-state index in [1.54, 1.807) is 18.2 Å². The van der Waals surface area contributed by atoms with Crippen molar-refractivity contribution in [2.24, 2.45) is 0 Å². The molecule has 1 heterocycles. The highest BCUT2D eigenvalue weighted by atomic mass is 79.9. The summed E-state index contributed by atoms with van der Waals surface area (Å²) in [6.45, 7) is 0. The van der Waals surface area contributed by atoms with E-state index in [1.807, 2.05) is 0 Å². The van der Waals surface area contributed by atoms with Gasteiger partial charge in [-0.05, 0) is 22.0 Å². The van der Waals surface area contributed by atoms with Crippen LogP contribution in [-0.2, 0) is 9.53 Å². The first-order valence-electron chi connectivity index (χ1n) is 2.48. The average Bonchev–Trinajstić information content (AvgIpc) is 1.93. The van der Waals surface area contributed by atoms with Crippen molar-refractivity contribution >= 4 is 21.9 Å². The number of carbonyl (C=O) groups is 1. The Morgan fingerprint density at radius 1 is 1.56 bits per heavy atom. The van der Waals surface area contributed by atoms with Gasteiger partial charge in [0.05, 0.1) is 0 Å². The Labute approximate surface area is 61.3 Å². The molecular formula is C6H5BrO2. The molecule has 0 aromatic carbocycles. The summed E-state index contributed by atoms with van der Waals surface area (Å²) < 4.78 is 4.72. The van der Waals surface area contributed by atoms with Gasteiger partial charge in [0.1, 0.15) is 0 Å². The van der Waals surface area contributed by atoms with Gasteiger partial charge in [0, 0.05) is 6.08 Å². The van der Waals surface area contributed by atoms with Crippen LogP contribution in [0.4, 0.5) is 0 Å². The molecule has 0 spiro atoms. The summed E-state index contributed by atoms with van der Waals surface area (Å²) in [4.78, 5) is 10.5. The molecule has 1 aliphatic heterocycles. The zero-order valence-corrected chi connectivity index (χ0v) is 6.17. The van der Waals surface area contributed by atoms with E-state index >= 15 is 0 Å². The van der Waals surface area contributed by atoms with Crippen LogP contribution in [0.2, 0.25) is 0 Å². The number of esters is 1. The zero-order chi connectivity index (χ0) is 6.69. The predicted octanol–water partition coefficient (Wildman–Crippen LogP) is 1.38. The highest BCUT2D eigenvalue weighted by molar-refractivity contribution is 9.09. The fourth-order valence-corrected chi connectivity index (χ4v) is 0.836. The Bertz CT molecular complexity index is 172. The first kappa shape index (κ1) is 6.55. The van der Waals surface area contributed by atoms with Gasteiger partial charge in [0.2, 0.25) is 0 Å². The molecule has 3 heteroatoms. The molecule has 1 unspecified atom stereocenters. The van der Waals surface area contributed by atoms with Crippen molar-refractivity contribution < 1.29 is 9.53 Å². The van der Waals surface area contributed by atoms with Gasteiger partial charge in [0.15, 0.2) is 5.01 Å². The quantitative estimate of drug-likeness (QED) is 0.425. The second-order valence-electron chi connectivity index (χ2n) is 1.53. The number of cyclic esters (lactones) is 1. The van der Waals surface area contributed by atoms with Gasteiger partial charge in [-0.1, -0.05) is 12.2 Å². The molecule has 0 amide bonds. The lowest BCUT2D eigenvalue weighted by Gasteiger charge is -2.00. The minimum Gasteiger partial charge on any atom is -0.443 e. The second-order valence-corrected chi connectivity index (χ2v) is 2.43. The summed E-state index contributed by atoms with van der Waals surface area (Å²) >= 11 is 3.11. The summed E-state index contributed by atoms with van der Waals surface area (Å²) in [5, 5.41) is -0.278. The SMILES string of the molecule is O=C1C=CC=CC(Br)O1. The van der Waals surface area contributed by atoms with Gasteiger partial charge in [0.25, 0.3) is 0 Å². The summed E-state index contributed by atoms with van der Waals surface area (Å²) in [5.74, 6) is -0.318. The maximum atomic E-state index is 10.5. The molecule has 0 saturated heterocycles. The number of halogens is 1. The highest BCUT2D eigenvalue weighted by Gasteiger charge is 2.04. The number of hydrogen-bond acceptors (Lipinski definition) is 2. The first-order chi connectivity index (χ1) is 4.29. The standard InChI is InChI=1S/C6H5BrO2/c7-5-3-1-2-4-6(8)9-5/h1-5H. The van der Waals surface area contributed by atoms with Crippen molar-refractivity contribution in [3.05, 3.63) is 24.3 Å². The third-order valence-electron chi connectivity index (χ3n) is 0.835. The fourth-order valence-electron chi connectivity index (χ4n) is 0.475. The Morgan fingerprint density at radius 3 is 3.11 bits per heavy atom. The van der Waals surface area contributed by atoms with E-state index in [0.717, 1.165) is 0 Å². The van der Waals surface area contributed by atoms with E-state index in [-0.39, 0.29) is 11.0 Å². The highest BCUT2D eigenvalue weighted by Crippen LogP contribution is 2.06. The molecule has 48 valence electrons. The number of allylic oxidation sites excluding steroid dienone is 2. The number of ether oxygens (including phenoxy) is 1. The molecule has 0 fully saturated rings. The number of carbonyl (C=O) groups excluding carboxylic acids is 1. The van der Waals surface area contributed by atoms with Crippen molar-refractivity contribution in [3.8, 4) is 0 Å². The fraction of sp³-hybridized carbons (Fsp3) is 0.167. The lowest BCUT2D eigenvalue weighted by atomic mass is 10.5. The maximum absolute atomic E-state index is 10.5. The van der Waals surface area contributed by atoms with Gasteiger partial charge in [-0.15, -0.1) is 0 Å². The largest absolute Gasteiger partial charge is 0.443 e. The van der Waals surface area contributed by atoms with Crippen LogP contribution < -0.4 is 0 Å². The molecule has 1 aliphatic rings. The average molecular weight is 189 g/mol. The van der Waals surface area contributed by atoms with Crippen LogP contribution in [0.1, 0.15) is 0 Å². The number of alkyl halides is 1. The van der Waals surface area contributed by atoms with Gasteiger partial charge < -0.3 is 4.74 Å². The summed E-state index contributed by atoms with van der Waals surface area (Å²) in [6.07, 6.45) is 6.51. The van der Waals surface area contributed by atoms with Crippen molar-refractivity contribution in [2.45, 2.75) is 5.01 Å². The Morgan fingerprint density at radius 2 is 2.33 bits per heavy atom. The molecular weight excluding hydrogens is 184 g/mol. The third-order valence-corrected chi connectivity index (χ3v) is 1.33. The summed E-state index contributed by atoms with van der Waals surface area (Å²) in [5.41, 5.74) is 0. The van der Waals surface area contributed by atoms with Gasteiger partial charge in [-0.25, -0.2) is 4.79 Å². The molecule has 0 bridgehead atoms. The lowest BCUT2D eigenvalue weighted by Crippen LogP contribution is -2.05. The van der Waals surface area contributed by atoms with E-state index in [2.05, 4.69) is 15.9 Å². The van der Waals surface area contributed by atoms with Gasteiger partial charge >= 0.3 is 5.97 Å². The minimum atomic E-state index is -0.318. The van der Waals surface area contributed by atoms with Crippen molar-refractivity contribution in [1.82, 2.24) is 0 Å². The van der Waals surface area contributed by atoms with Crippen LogP contribution in [-0.4, -0.2) is 11.0 Å². The lowest BCUT2D eigenvalue weighted by molar-refractivity contribution is -0.137. The number of rotatable bonds is 0. The van der Waals surface area contributed by atoms with Crippen LogP contribution in [0.5, 0.6) is 0 Å². The van der Waals surface area contributed by atoms with E-state index in [0.29, 0.717) is 0 Å². The maximum Gasteiger partial charge on any atom is 0.332 e. The van der Waals surface area contributed by atoms with E-state index < -0.39 is 0 Å². The van der Waals surface area contributed by atoms with Crippen molar-refractivity contribution in [1.29, 1.82) is 0 Å². The van der Waals surface area contributed by atoms with Crippen LogP contribution in [0, 0.1) is 0 Å². The molecule has 2 nitrogen and oxygen atoms in total. The van der Waals surface area contributed by atoms with Gasteiger partial charge in [-0.3, -0.25) is 0 Å². The van der Waals surface area contributed by atoms with Crippen LogP contribution in [0.25, 0.3) is 0 Å². The molecule has 0 aromatic rings. The monoisotopic (exact) mass is 188 g/mol. The molecule has 9 heavy (non-hydrogen) atoms. The van der Waals surface area contributed by atoms with E-state index in [1.165, 1.54) is 6.08 Å². The van der Waals surface area contributed by atoms with E-state index in [9.17, 15) is 4.79 Å². The molecule has 1 rings (SSSR count). The van der Waals surface area contributed by atoms with Crippen LogP contribution >= 0.6 is 15.9 Å². The van der Waals surface area contributed by atoms with Gasteiger partial charge in [-0.2, -0.15) is 0 Å². The Kier molecular flexibility index (Phi) is 2.05. The molecule has 0 aliphatic carbocycles. The van der Waals surface area contributed by atoms with Crippen LogP contribution in [0.15, 0.2) is 24.3 Å². The molecule has 1 atom stereocenters. The Hall–Kier alpha value is -0.570. The number of hydrogen-bond donors (Lipinski definition) is 0. The smallest absolute Gasteiger partial charge is 0.332 e. The predicted molar refractivity (Wildman–Crippen MR) is 37.1 cm³/mol. The molecule has 0 radical (unpaired) electrons. The minimum absolute atomic E-state index is 0.278. The summed E-state index contributed by atoms with van der Waals surface area (Å²) in [7, 11) is 0. The third kappa shape index (κ3) is 2.01. The molecule has 0 N–H and O–H groups in total. The topological polar surface area (TPSA) is 26.3 Å². The second kappa shape index (κ2) is 2.82. The van der Waals surface area contributed by atoms with E-state index in [4.69, 9.17) is 4.74 Å². The zero-order valence-electron chi connectivity index (χ0n) is 4.58. The summed E-state index contributed by atoms with van der Waals surface area (Å²) in [6, 6.07) is 0. The van der Waals surface area contributed by atoms with Crippen molar-refractivity contribution in [2.75, 3.05) is 0 Å².